The minimum absolute atomic E-state index is 0.00462. The van der Waals surface area contributed by atoms with E-state index in [0.29, 0.717) is 32.5 Å². The molecule has 9 nitrogen and oxygen atoms in total. The first kappa shape index (κ1) is 28.1. The largest absolute Gasteiger partial charge is 0.508 e. The summed E-state index contributed by atoms with van der Waals surface area (Å²) in [5.41, 5.74) is 1.94. The fraction of sp³-hybridized carbons (Fsp3) is 0.367. The molecule has 0 unspecified atom stereocenters. The maximum atomic E-state index is 14.0. The Labute approximate surface area is 229 Å². The smallest absolute Gasteiger partial charge is 0.331 e. The SMILES string of the molecule is CCCN(C(=O)NC)N(CC=O)[C@H]1CN(Cc2cccc3ccccc23)C(=O)[C@H](Cc2ccc(O)cc2)N1C. The van der Waals surface area contributed by atoms with Crippen molar-refractivity contribution >= 4 is 29.0 Å². The first-order valence-corrected chi connectivity index (χ1v) is 13.3. The second-order valence-electron chi connectivity index (χ2n) is 9.86. The summed E-state index contributed by atoms with van der Waals surface area (Å²) >= 11 is 0. The van der Waals surface area contributed by atoms with Crippen LogP contribution >= 0.6 is 0 Å². The average molecular weight is 532 g/mol. The van der Waals surface area contributed by atoms with Gasteiger partial charge in [0.1, 0.15) is 12.0 Å². The molecule has 3 aromatic rings. The summed E-state index contributed by atoms with van der Waals surface area (Å²) in [7, 11) is 3.44. The number of piperazine rings is 1. The van der Waals surface area contributed by atoms with E-state index in [-0.39, 0.29) is 24.2 Å². The van der Waals surface area contributed by atoms with Crippen molar-refractivity contribution in [1.82, 2.24) is 25.1 Å². The molecule has 0 aliphatic carbocycles. The van der Waals surface area contributed by atoms with Crippen molar-refractivity contribution in [3.8, 4) is 5.75 Å². The van der Waals surface area contributed by atoms with Crippen LogP contribution in [-0.2, 0) is 22.6 Å². The number of amides is 3. The van der Waals surface area contributed by atoms with Crippen molar-refractivity contribution in [2.45, 2.75) is 38.5 Å². The Hall–Kier alpha value is -3.95. The van der Waals surface area contributed by atoms with Crippen molar-refractivity contribution in [2.24, 2.45) is 0 Å². The number of phenolic OH excluding ortho intramolecular Hbond substituents is 1. The van der Waals surface area contributed by atoms with Gasteiger partial charge in [-0.3, -0.25) is 14.7 Å². The van der Waals surface area contributed by atoms with Gasteiger partial charge in [-0.1, -0.05) is 61.5 Å². The number of benzene rings is 3. The van der Waals surface area contributed by atoms with E-state index in [9.17, 15) is 19.5 Å². The Bertz CT molecular complexity index is 1290. The van der Waals surface area contributed by atoms with Crippen LogP contribution in [0.2, 0.25) is 0 Å². The van der Waals surface area contributed by atoms with Crippen molar-refractivity contribution < 1.29 is 19.5 Å². The molecule has 0 saturated carbocycles. The molecule has 2 atom stereocenters. The first-order chi connectivity index (χ1) is 18.9. The molecule has 3 aromatic carbocycles. The molecular weight excluding hydrogens is 494 g/mol. The molecular formula is C30H37N5O4. The number of fused-ring (bicyclic) bond motifs is 1. The van der Waals surface area contributed by atoms with Gasteiger partial charge < -0.3 is 20.1 Å². The van der Waals surface area contributed by atoms with Crippen LogP contribution in [0.3, 0.4) is 0 Å². The van der Waals surface area contributed by atoms with Crippen LogP contribution in [-0.4, -0.2) is 89.1 Å². The van der Waals surface area contributed by atoms with Crippen molar-refractivity contribution in [1.29, 1.82) is 0 Å². The third kappa shape index (κ3) is 6.21. The highest BCUT2D eigenvalue weighted by Gasteiger charge is 2.43. The molecule has 3 amide bonds. The molecule has 0 aromatic heterocycles. The highest BCUT2D eigenvalue weighted by molar-refractivity contribution is 5.87. The van der Waals surface area contributed by atoms with Gasteiger partial charge in [0, 0.05) is 20.1 Å². The number of hydrogen-bond acceptors (Lipinski definition) is 6. The lowest BCUT2D eigenvalue weighted by Gasteiger charge is -2.50. The summed E-state index contributed by atoms with van der Waals surface area (Å²) in [5.74, 6) is 0.137. The normalized spacial score (nSPS) is 17.9. The molecule has 1 heterocycles. The number of hydrogen-bond donors (Lipinski definition) is 2. The molecule has 0 radical (unpaired) electrons. The summed E-state index contributed by atoms with van der Waals surface area (Å²) in [6.45, 7) is 3.13. The number of urea groups is 1. The topological polar surface area (TPSA) is 96.4 Å². The number of nitrogens with one attached hydrogen (secondary N) is 1. The zero-order valence-electron chi connectivity index (χ0n) is 22.8. The number of nitrogens with zero attached hydrogens (tertiary/aromatic N) is 4. The van der Waals surface area contributed by atoms with Crippen LogP contribution in [0.4, 0.5) is 4.79 Å². The van der Waals surface area contributed by atoms with E-state index in [1.165, 1.54) is 0 Å². The molecule has 206 valence electrons. The Kier molecular flexibility index (Phi) is 9.16. The van der Waals surface area contributed by atoms with Gasteiger partial charge in [0.25, 0.3) is 0 Å². The number of hydrazine groups is 1. The highest BCUT2D eigenvalue weighted by atomic mass is 16.3. The summed E-state index contributed by atoms with van der Waals surface area (Å²) < 4.78 is 0. The van der Waals surface area contributed by atoms with E-state index in [4.69, 9.17) is 0 Å². The molecule has 1 fully saturated rings. The standard InChI is InChI=1S/C30H37N5O4/c1-4-16-35(30(39)31-2)34(17-18-36)28-21-33(20-24-10-7-9-23-8-5-6-11-26(23)24)29(38)27(32(28)3)19-22-12-14-25(37)15-13-22/h5-15,18,27-28,37H,4,16-17,19-21H2,1-3H3,(H,31,39)/t27-,28-/m0/s1. The maximum Gasteiger partial charge on any atom is 0.331 e. The van der Waals surface area contributed by atoms with Crippen LogP contribution in [0.25, 0.3) is 10.8 Å². The number of carbonyl (C=O) groups excluding carboxylic acids is 3. The maximum absolute atomic E-state index is 14.0. The fourth-order valence-corrected chi connectivity index (χ4v) is 5.32. The van der Waals surface area contributed by atoms with E-state index in [1.54, 1.807) is 29.2 Å². The van der Waals surface area contributed by atoms with Gasteiger partial charge in [0.05, 0.1) is 25.3 Å². The van der Waals surface area contributed by atoms with Gasteiger partial charge in [-0.25, -0.2) is 4.79 Å². The number of phenols is 1. The molecule has 9 heteroatoms. The van der Waals surface area contributed by atoms with Crippen molar-refractivity contribution in [3.63, 3.8) is 0 Å². The van der Waals surface area contributed by atoms with Crippen LogP contribution in [0.5, 0.6) is 5.75 Å². The molecule has 1 aliphatic rings. The van der Waals surface area contributed by atoms with E-state index in [0.717, 1.165) is 28.2 Å². The van der Waals surface area contributed by atoms with Crippen LogP contribution < -0.4 is 5.32 Å². The third-order valence-corrected chi connectivity index (χ3v) is 7.35. The Morgan fingerprint density at radius 2 is 1.82 bits per heavy atom. The molecule has 39 heavy (non-hydrogen) atoms. The number of likely N-dealkylation sites (N-methyl/N-ethyl adjacent to an activating group) is 1. The second kappa shape index (κ2) is 12.7. The van der Waals surface area contributed by atoms with Gasteiger partial charge in [-0.05, 0) is 53.9 Å². The number of carbonyl (C=O) groups is 3. The van der Waals surface area contributed by atoms with Crippen LogP contribution in [0.15, 0.2) is 66.7 Å². The third-order valence-electron chi connectivity index (χ3n) is 7.35. The summed E-state index contributed by atoms with van der Waals surface area (Å²) in [4.78, 5) is 42.6. The Morgan fingerprint density at radius 3 is 2.51 bits per heavy atom. The van der Waals surface area contributed by atoms with Gasteiger partial charge in [-0.2, -0.15) is 5.01 Å². The lowest BCUT2D eigenvalue weighted by atomic mass is 9.98. The van der Waals surface area contributed by atoms with E-state index >= 15 is 0 Å². The molecule has 2 N–H and O–H groups in total. The quantitative estimate of drug-likeness (QED) is 0.308. The van der Waals surface area contributed by atoms with E-state index in [1.807, 2.05) is 60.2 Å². The van der Waals surface area contributed by atoms with Gasteiger partial charge in [0.15, 0.2) is 0 Å². The van der Waals surface area contributed by atoms with E-state index < -0.39 is 12.2 Å². The number of aldehydes is 1. The molecule has 1 aliphatic heterocycles. The summed E-state index contributed by atoms with van der Waals surface area (Å²) in [6.07, 6.45) is 1.49. The second-order valence-corrected chi connectivity index (χ2v) is 9.86. The van der Waals surface area contributed by atoms with Crippen molar-refractivity contribution in [3.05, 3.63) is 77.9 Å². The molecule has 0 bridgehead atoms. The summed E-state index contributed by atoms with van der Waals surface area (Å²) in [6, 6.07) is 20.2. The van der Waals surface area contributed by atoms with E-state index in [2.05, 4.69) is 23.5 Å². The molecule has 0 spiro atoms. The minimum atomic E-state index is -0.536. The van der Waals surface area contributed by atoms with Crippen LogP contribution in [0.1, 0.15) is 24.5 Å². The number of rotatable bonds is 10. The highest BCUT2D eigenvalue weighted by Crippen LogP contribution is 2.27. The molecule has 4 rings (SSSR count). The molecule has 1 saturated heterocycles. The van der Waals surface area contributed by atoms with Gasteiger partial charge >= 0.3 is 6.03 Å². The predicted molar refractivity (Wildman–Crippen MR) is 151 cm³/mol. The van der Waals surface area contributed by atoms with Gasteiger partial charge in [-0.15, -0.1) is 0 Å². The van der Waals surface area contributed by atoms with Crippen molar-refractivity contribution in [2.75, 3.05) is 33.7 Å². The van der Waals surface area contributed by atoms with Gasteiger partial charge in [0.2, 0.25) is 5.91 Å². The first-order valence-electron chi connectivity index (χ1n) is 13.3. The average Bonchev–Trinajstić information content (AvgIpc) is 2.95. The monoisotopic (exact) mass is 531 g/mol. The Balaban J connectivity index is 1.73. The zero-order valence-corrected chi connectivity index (χ0v) is 22.8. The minimum Gasteiger partial charge on any atom is -0.508 e. The fourth-order valence-electron chi connectivity index (χ4n) is 5.32. The zero-order chi connectivity index (χ0) is 27.9. The Morgan fingerprint density at radius 1 is 1.10 bits per heavy atom. The summed E-state index contributed by atoms with van der Waals surface area (Å²) in [5, 5.41) is 18.0. The lowest BCUT2D eigenvalue weighted by molar-refractivity contribution is -0.162. The van der Waals surface area contributed by atoms with Crippen LogP contribution in [0, 0.1) is 0 Å². The lowest BCUT2D eigenvalue weighted by Crippen LogP contribution is -2.69. The number of aromatic hydroxyl groups is 1. The predicted octanol–water partition coefficient (Wildman–Crippen LogP) is 3.22.